The number of piperidine rings is 1. The summed E-state index contributed by atoms with van der Waals surface area (Å²) in [5.41, 5.74) is 1.04. The Kier molecular flexibility index (Phi) is 1.78. The van der Waals surface area contributed by atoms with E-state index in [0.717, 1.165) is 12.1 Å². The molecule has 0 atom stereocenters. The fraction of sp³-hybridized carbons (Fsp3) is 0.667. The van der Waals surface area contributed by atoms with Gasteiger partial charge in [-0.1, -0.05) is 20.4 Å². The average Bonchev–Trinajstić information content (AvgIpc) is 1.95. The lowest BCUT2D eigenvalue weighted by Gasteiger charge is -2.37. The van der Waals surface area contributed by atoms with Gasteiger partial charge in [-0.2, -0.15) is 0 Å². The summed E-state index contributed by atoms with van der Waals surface area (Å²) < 4.78 is 0. The number of amides is 1. The molecule has 1 rings (SSSR count). The highest BCUT2D eigenvalue weighted by molar-refractivity contribution is 5.79. The van der Waals surface area contributed by atoms with Crippen molar-refractivity contribution in [1.29, 1.82) is 0 Å². The second-order valence-electron chi connectivity index (χ2n) is 3.78. The summed E-state index contributed by atoms with van der Waals surface area (Å²) in [4.78, 5) is 12.8. The number of rotatable bonds is 0. The Hall–Kier alpha value is -0.790. The monoisotopic (exact) mass is 153 g/mol. The fourth-order valence-electron chi connectivity index (χ4n) is 1.34. The van der Waals surface area contributed by atoms with Gasteiger partial charge in [-0.05, 0) is 6.42 Å². The summed E-state index contributed by atoms with van der Waals surface area (Å²) in [7, 11) is 1.80. The van der Waals surface area contributed by atoms with Crippen LogP contribution in [0.15, 0.2) is 12.3 Å². The van der Waals surface area contributed by atoms with Crippen molar-refractivity contribution in [3.05, 3.63) is 12.3 Å². The third kappa shape index (κ3) is 1.30. The van der Waals surface area contributed by atoms with Crippen molar-refractivity contribution in [2.45, 2.75) is 26.7 Å². The van der Waals surface area contributed by atoms with Crippen LogP contribution in [-0.2, 0) is 4.79 Å². The second-order valence-corrected chi connectivity index (χ2v) is 3.78. The predicted molar refractivity (Wildman–Crippen MR) is 44.9 cm³/mol. The van der Waals surface area contributed by atoms with Crippen LogP contribution >= 0.6 is 0 Å². The van der Waals surface area contributed by atoms with Crippen molar-refractivity contribution in [2.24, 2.45) is 5.41 Å². The number of carbonyl (C=O) groups excluding carboxylic acids is 1. The van der Waals surface area contributed by atoms with E-state index in [1.165, 1.54) is 0 Å². The van der Waals surface area contributed by atoms with E-state index >= 15 is 0 Å². The number of allylic oxidation sites excluding steroid dienone is 1. The van der Waals surface area contributed by atoms with Crippen molar-refractivity contribution in [3.63, 3.8) is 0 Å². The molecule has 0 saturated carbocycles. The second kappa shape index (κ2) is 2.36. The van der Waals surface area contributed by atoms with Gasteiger partial charge in [0.25, 0.3) is 0 Å². The topological polar surface area (TPSA) is 20.3 Å². The molecule has 0 N–H and O–H groups in total. The quantitative estimate of drug-likeness (QED) is 0.519. The Morgan fingerprint density at radius 1 is 1.55 bits per heavy atom. The molecule has 0 bridgehead atoms. The SMILES string of the molecule is C=C1N(C)C(=O)CCC1(C)C. The molecule has 0 unspecified atom stereocenters. The molecule has 1 heterocycles. The molecule has 0 aromatic carbocycles. The highest BCUT2D eigenvalue weighted by Gasteiger charge is 2.32. The van der Waals surface area contributed by atoms with Crippen LogP contribution in [0.2, 0.25) is 0 Å². The molecule has 1 amide bonds. The molecule has 0 aromatic heterocycles. The summed E-state index contributed by atoms with van der Waals surface area (Å²) in [6.45, 7) is 8.15. The zero-order valence-electron chi connectivity index (χ0n) is 7.48. The van der Waals surface area contributed by atoms with E-state index in [9.17, 15) is 4.79 Å². The van der Waals surface area contributed by atoms with Gasteiger partial charge in [0.2, 0.25) is 5.91 Å². The molecule has 11 heavy (non-hydrogen) atoms. The molecule has 0 spiro atoms. The lowest BCUT2D eigenvalue weighted by molar-refractivity contribution is -0.131. The van der Waals surface area contributed by atoms with Gasteiger partial charge in [-0.15, -0.1) is 0 Å². The summed E-state index contributed by atoms with van der Waals surface area (Å²) in [6, 6.07) is 0. The van der Waals surface area contributed by atoms with Crippen LogP contribution < -0.4 is 0 Å². The lowest BCUT2D eigenvalue weighted by Crippen LogP contribution is -2.38. The fourth-order valence-corrected chi connectivity index (χ4v) is 1.34. The largest absolute Gasteiger partial charge is 0.319 e. The maximum Gasteiger partial charge on any atom is 0.226 e. The normalized spacial score (nSPS) is 24.1. The van der Waals surface area contributed by atoms with E-state index in [1.54, 1.807) is 11.9 Å². The van der Waals surface area contributed by atoms with Gasteiger partial charge in [0.05, 0.1) is 0 Å². The highest BCUT2D eigenvalue weighted by Crippen LogP contribution is 2.36. The number of hydrogen-bond acceptors (Lipinski definition) is 1. The lowest BCUT2D eigenvalue weighted by atomic mass is 9.81. The van der Waals surface area contributed by atoms with E-state index in [2.05, 4.69) is 20.4 Å². The first-order chi connectivity index (χ1) is 4.95. The molecular weight excluding hydrogens is 138 g/mol. The number of likely N-dealkylation sites (tertiary alicyclic amines) is 1. The van der Waals surface area contributed by atoms with Gasteiger partial charge in [-0.25, -0.2) is 0 Å². The molecule has 0 radical (unpaired) electrons. The van der Waals surface area contributed by atoms with Crippen LogP contribution in [0, 0.1) is 5.41 Å². The average molecular weight is 153 g/mol. The van der Waals surface area contributed by atoms with Crippen molar-refractivity contribution >= 4 is 5.91 Å². The van der Waals surface area contributed by atoms with Gasteiger partial charge >= 0.3 is 0 Å². The van der Waals surface area contributed by atoms with E-state index < -0.39 is 0 Å². The van der Waals surface area contributed by atoms with Crippen molar-refractivity contribution < 1.29 is 4.79 Å². The van der Waals surface area contributed by atoms with Crippen LogP contribution in [0.5, 0.6) is 0 Å². The van der Waals surface area contributed by atoms with Crippen molar-refractivity contribution in [3.8, 4) is 0 Å². The molecule has 1 saturated heterocycles. The molecule has 1 fully saturated rings. The minimum absolute atomic E-state index is 0.0999. The Bertz CT molecular complexity index is 206. The first-order valence-corrected chi connectivity index (χ1v) is 3.91. The van der Waals surface area contributed by atoms with Crippen molar-refractivity contribution in [2.75, 3.05) is 7.05 Å². The van der Waals surface area contributed by atoms with Gasteiger partial charge < -0.3 is 4.90 Å². The molecule has 1 aliphatic heterocycles. The van der Waals surface area contributed by atoms with Gasteiger partial charge in [-0.3, -0.25) is 4.79 Å². The summed E-state index contributed by atoms with van der Waals surface area (Å²) in [6.07, 6.45) is 1.58. The molecule has 2 nitrogen and oxygen atoms in total. The maximum absolute atomic E-state index is 11.2. The number of carbonyl (C=O) groups is 1. The molecular formula is C9H15NO. The van der Waals surface area contributed by atoms with Crippen LogP contribution in [0.1, 0.15) is 26.7 Å². The van der Waals surface area contributed by atoms with Gasteiger partial charge in [0.15, 0.2) is 0 Å². The van der Waals surface area contributed by atoms with Gasteiger partial charge in [0, 0.05) is 24.6 Å². The molecule has 62 valence electrons. The molecule has 2 heteroatoms. The minimum Gasteiger partial charge on any atom is -0.319 e. The Labute approximate surface area is 67.9 Å². The Balaban J connectivity index is 2.84. The first kappa shape index (κ1) is 8.31. The third-order valence-corrected chi connectivity index (χ3v) is 2.52. The van der Waals surface area contributed by atoms with Gasteiger partial charge in [0.1, 0.15) is 0 Å². The maximum atomic E-state index is 11.2. The summed E-state index contributed by atoms with van der Waals surface area (Å²) in [5, 5.41) is 0. The zero-order valence-corrected chi connectivity index (χ0v) is 7.48. The number of hydrogen-bond donors (Lipinski definition) is 0. The summed E-state index contributed by atoms with van der Waals surface area (Å²) >= 11 is 0. The highest BCUT2D eigenvalue weighted by atomic mass is 16.2. The Morgan fingerprint density at radius 3 is 2.55 bits per heavy atom. The van der Waals surface area contributed by atoms with E-state index in [1.807, 2.05) is 0 Å². The van der Waals surface area contributed by atoms with Crippen LogP contribution in [0.4, 0.5) is 0 Å². The molecule has 0 aromatic rings. The summed E-state index contributed by atoms with van der Waals surface area (Å²) in [5.74, 6) is 0.189. The van der Waals surface area contributed by atoms with Crippen LogP contribution in [-0.4, -0.2) is 17.9 Å². The van der Waals surface area contributed by atoms with Crippen LogP contribution in [0.3, 0.4) is 0 Å². The molecule has 1 aliphatic rings. The standard InChI is InChI=1S/C9H15NO/c1-7-9(2,3)6-5-8(11)10(7)4/h1,5-6H2,2-4H3. The zero-order chi connectivity index (χ0) is 8.65. The minimum atomic E-state index is 0.0999. The molecule has 0 aliphatic carbocycles. The third-order valence-electron chi connectivity index (χ3n) is 2.52. The first-order valence-electron chi connectivity index (χ1n) is 3.91. The predicted octanol–water partition coefficient (Wildman–Crippen LogP) is 1.78. The smallest absolute Gasteiger partial charge is 0.226 e. The Morgan fingerprint density at radius 2 is 2.09 bits per heavy atom. The van der Waals surface area contributed by atoms with Crippen LogP contribution in [0.25, 0.3) is 0 Å². The van der Waals surface area contributed by atoms with E-state index in [4.69, 9.17) is 0 Å². The van der Waals surface area contributed by atoms with E-state index in [0.29, 0.717) is 6.42 Å². The van der Waals surface area contributed by atoms with Crippen molar-refractivity contribution in [1.82, 2.24) is 4.90 Å². The van der Waals surface area contributed by atoms with E-state index in [-0.39, 0.29) is 11.3 Å². The number of nitrogens with zero attached hydrogens (tertiary/aromatic N) is 1.